The van der Waals surface area contributed by atoms with Crippen LogP contribution in [0.15, 0.2) is 0 Å². The Morgan fingerprint density at radius 1 is 1.55 bits per heavy atom. The molecule has 1 aliphatic rings. The highest BCUT2D eigenvalue weighted by atomic mass is 19.1. The van der Waals surface area contributed by atoms with Crippen molar-refractivity contribution >= 4 is 5.78 Å². The van der Waals surface area contributed by atoms with E-state index in [1.807, 2.05) is 6.92 Å². The Balaban J connectivity index is 2.56. The highest BCUT2D eigenvalue weighted by Gasteiger charge is 2.28. The standard InChI is InChI=1S/C9H15FO/c1-2-7-5-3-4-6-8(11)9(7)10/h7,9H,2-6H2,1H3/t7-,9-/m1/s1. The molecule has 1 saturated carbocycles. The van der Waals surface area contributed by atoms with Crippen molar-refractivity contribution in [3.05, 3.63) is 0 Å². The number of Topliss-reactive ketones (excluding diaryl/α,β-unsaturated/α-hetero) is 1. The molecule has 0 bridgehead atoms. The summed E-state index contributed by atoms with van der Waals surface area (Å²) in [4.78, 5) is 11.0. The molecule has 0 heterocycles. The summed E-state index contributed by atoms with van der Waals surface area (Å²) in [6.07, 6.45) is 2.89. The van der Waals surface area contributed by atoms with Gasteiger partial charge in [0.2, 0.25) is 0 Å². The first-order valence-corrected chi connectivity index (χ1v) is 4.42. The van der Waals surface area contributed by atoms with E-state index in [0.717, 1.165) is 25.7 Å². The van der Waals surface area contributed by atoms with Crippen LogP contribution in [0.5, 0.6) is 0 Å². The van der Waals surface area contributed by atoms with Gasteiger partial charge in [-0.25, -0.2) is 4.39 Å². The molecule has 1 rings (SSSR count). The number of carbonyl (C=O) groups is 1. The molecule has 64 valence electrons. The average Bonchev–Trinajstić information content (AvgIpc) is 2.16. The summed E-state index contributed by atoms with van der Waals surface area (Å²) in [6, 6.07) is 0. The maximum absolute atomic E-state index is 13.2. The lowest BCUT2D eigenvalue weighted by Crippen LogP contribution is -2.22. The van der Waals surface area contributed by atoms with Gasteiger partial charge in [-0.15, -0.1) is 0 Å². The van der Waals surface area contributed by atoms with Crippen LogP contribution < -0.4 is 0 Å². The Morgan fingerprint density at radius 3 is 2.91 bits per heavy atom. The van der Waals surface area contributed by atoms with Crippen LogP contribution in [-0.2, 0) is 4.79 Å². The van der Waals surface area contributed by atoms with Gasteiger partial charge >= 0.3 is 0 Å². The van der Waals surface area contributed by atoms with Crippen molar-refractivity contribution in [2.75, 3.05) is 0 Å². The predicted octanol–water partition coefficient (Wildman–Crippen LogP) is 2.49. The number of rotatable bonds is 1. The normalized spacial score (nSPS) is 33.5. The number of ketones is 1. The molecule has 1 fully saturated rings. The Morgan fingerprint density at radius 2 is 2.27 bits per heavy atom. The summed E-state index contributed by atoms with van der Waals surface area (Å²) in [5.74, 6) is -0.167. The van der Waals surface area contributed by atoms with Gasteiger partial charge in [-0.1, -0.05) is 19.8 Å². The molecule has 0 unspecified atom stereocenters. The van der Waals surface area contributed by atoms with Gasteiger partial charge in [0.1, 0.15) is 0 Å². The van der Waals surface area contributed by atoms with Crippen molar-refractivity contribution in [1.82, 2.24) is 0 Å². The van der Waals surface area contributed by atoms with Gasteiger partial charge in [0.15, 0.2) is 12.0 Å². The molecule has 2 atom stereocenters. The number of hydrogen-bond donors (Lipinski definition) is 0. The third-order valence-electron chi connectivity index (χ3n) is 2.49. The first-order chi connectivity index (χ1) is 5.25. The minimum atomic E-state index is -1.16. The second-order valence-electron chi connectivity index (χ2n) is 3.28. The fraction of sp³-hybridized carbons (Fsp3) is 0.889. The van der Waals surface area contributed by atoms with Gasteiger partial charge < -0.3 is 0 Å². The first-order valence-electron chi connectivity index (χ1n) is 4.42. The van der Waals surface area contributed by atoms with E-state index in [2.05, 4.69) is 0 Å². The van der Waals surface area contributed by atoms with E-state index < -0.39 is 6.17 Å². The first kappa shape index (κ1) is 8.69. The summed E-state index contributed by atoms with van der Waals surface area (Å²) in [5, 5.41) is 0. The van der Waals surface area contributed by atoms with Crippen LogP contribution >= 0.6 is 0 Å². The molecule has 0 N–H and O–H groups in total. The average molecular weight is 158 g/mol. The molecule has 0 aromatic heterocycles. The molecule has 0 spiro atoms. The molecule has 0 saturated heterocycles. The summed E-state index contributed by atoms with van der Waals surface area (Å²) < 4.78 is 13.2. The van der Waals surface area contributed by atoms with Crippen molar-refractivity contribution < 1.29 is 9.18 Å². The second-order valence-corrected chi connectivity index (χ2v) is 3.28. The van der Waals surface area contributed by atoms with E-state index in [1.54, 1.807) is 0 Å². The van der Waals surface area contributed by atoms with Crippen LogP contribution in [-0.4, -0.2) is 12.0 Å². The van der Waals surface area contributed by atoms with Crippen molar-refractivity contribution in [3.63, 3.8) is 0 Å². The topological polar surface area (TPSA) is 17.1 Å². The maximum atomic E-state index is 13.2. The molecule has 0 amide bonds. The van der Waals surface area contributed by atoms with E-state index in [1.165, 1.54) is 0 Å². The van der Waals surface area contributed by atoms with E-state index >= 15 is 0 Å². The van der Waals surface area contributed by atoms with Crippen molar-refractivity contribution in [3.8, 4) is 0 Å². The third-order valence-corrected chi connectivity index (χ3v) is 2.49. The number of carbonyl (C=O) groups excluding carboxylic acids is 1. The van der Waals surface area contributed by atoms with Crippen molar-refractivity contribution in [1.29, 1.82) is 0 Å². The molecule has 0 radical (unpaired) electrons. The Bertz CT molecular complexity index is 144. The maximum Gasteiger partial charge on any atom is 0.167 e. The number of alkyl halides is 1. The van der Waals surface area contributed by atoms with Gasteiger partial charge in [-0.2, -0.15) is 0 Å². The Kier molecular flexibility index (Phi) is 3.03. The highest BCUT2D eigenvalue weighted by molar-refractivity contribution is 5.83. The molecule has 0 aromatic rings. The van der Waals surface area contributed by atoms with Crippen LogP contribution in [0.2, 0.25) is 0 Å². The van der Waals surface area contributed by atoms with E-state index in [-0.39, 0.29) is 11.7 Å². The molecule has 1 nitrogen and oxygen atoms in total. The quantitative estimate of drug-likeness (QED) is 0.536. The fourth-order valence-corrected chi connectivity index (χ4v) is 1.66. The minimum absolute atomic E-state index is 0.00463. The van der Waals surface area contributed by atoms with E-state index in [4.69, 9.17) is 0 Å². The summed E-state index contributed by atoms with van der Waals surface area (Å²) in [5.41, 5.74) is 0. The SMILES string of the molecule is CC[C@@H]1CCCCC(=O)[C@@H]1F. The third kappa shape index (κ3) is 2.01. The zero-order valence-electron chi connectivity index (χ0n) is 6.98. The smallest absolute Gasteiger partial charge is 0.167 e. The Hall–Kier alpha value is -0.400. The molecule has 2 heteroatoms. The molecule has 0 aromatic carbocycles. The monoisotopic (exact) mass is 158 g/mol. The van der Waals surface area contributed by atoms with Crippen LogP contribution in [0.4, 0.5) is 4.39 Å². The van der Waals surface area contributed by atoms with Crippen molar-refractivity contribution in [2.24, 2.45) is 5.92 Å². The van der Waals surface area contributed by atoms with Gasteiger partial charge in [-0.05, 0) is 18.8 Å². The zero-order chi connectivity index (χ0) is 8.27. The molecule has 1 aliphatic carbocycles. The molecule has 0 aliphatic heterocycles. The molecule has 11 heavy (non-hydrogen) atoms. The van der Waals surface area contributed by atoms with E-state index in [9.17, 15) is 9.18 Å². The lowest BCUT2D eigenvalue weighted by Gasteiger charge is -2.13. The fourth-order valence-electron chi connectivity index (χ4n) is 1.66. The lowest BCUT2D eigenvalue weighted by molar-refractivity contribution is -0.125. The molecular weight excluding hydrogens is 143 g/mol. The number of halogens is 1. The minimum Gasteiger partial charge on any atom is -0.296 e. The largest absolute Gasteiger partial charge is 0.296 e. The summed E-state index contributed by atoms with van der Waals surface area (Å²) in [7, 11) is 0. The van der Waals surface area contributed by atoms with Crippen LogP contribution in [0.1, 0.15) is 39.0 Å². The lowest BCUT2D eigenvalue weighted by atomic mass is 9.95. The van der Waals surface area contributed by atoms with Crippen LogP contribution in [0.25, 0.3) is 0 Å². The van der Waals surface area contributed by atoms with Gasteiger partial charge in [0.05, 0.1) is 0 Å². The summed E-state index contributed by atoms with van der Waals surface area (Å²) >= 11 is 0. The van der Waals surface area contributed by atoms with Crippen molar-refractivity contribution in [2.45, 2.75) is 45.2 Å². The zero-order valence-corrected chi connectivity index (χ0v) is 6.98. The highest BCUT2D eigenvalue weighted by Crippen LogP contribution is 2.25. The predicted molar refractivity (Wildman–Crippen MR) is 42.2 cm³/mol. The van der Waals surface area contributed by atoms with Crippen LogP contribution in [0, 0.1) is 5.92 Å². The Labute approximate surface area is 67.0 Å². The summed E-state index contributed by atoms with van der Waals surface area (Å²) in [6.45, 7) is 1.95. The molecular formula is C9H15FO. The van der Waals surface area contributed by atoms with Gasteiger partial charge in [0.25, 0.3) is 0 Å². The van der Waals surface area contributed by atoms with E-state index in [0.29, 0.717) is 6.42 Å². The van der Waals surface area contributed by atoms with Crippen LogP contribution in [0.3, 0.4) is 0 Å². The van der Waals surface area contributed by atoms with Gasteiger partial charge in [-0.3, -0.25) is 4.79 Å². The number of hydrogen-bond acceptors (Lipinski definition) is 1. The second kappa shape index (κ2) is 3.84. The van der Waals surface area contributed by atoms with Gasteiger partial charge in [0, 0.05) is 6.42 Å².